The summed E-state index contributed by atoms with van der Waals surface area (Å²) in [6.45, 7) is 4.32. The lowest BCUT2D eigenvalue weighted by Gasteiger charge is -2.25. The molecule has 1 aliphatic carbocycles. The van der Waals surface area contributed by atoms with Gasteiger partial charge in [-0.25, -0.2) is 0 Å². The zero-order valence-corrected chi connectivity index (χ0v) is 12.2. The van der Waals surface area contributed by atoms with Gasteiger partial charge in [0.15, 0.2) is 4.77 Å². The summed E-state index contributed by atoms with van der Waals surface area (Å²) in [5, 5.41) is 7.43. The number of nitrogens with one attached hydrogen (secondary N) is 1. The summed E-state index contributed by atoms with van der Waals surface area (Å²) in [4.78, 5) is 0. The molecule has 19 heavy (non-hydrogen) atoms. The van der Waals surface area contributed by atoms with Crippen molar-refractivity contribution >= 4 is 12.2 Å². The first kappa shape index (κ1) is 12.6. The van der Waals surface area contributed by atoms with Crippen LogP contribution >= 0.6 is 12.2 Å². The highest BCUT2D eigenvalue weighted by Crippen LogP contribution is 2.32. The Bertz CT molecular complexity index is 639. The molecule has 0 aliphatic heterocycles. The average molecular weight is 273 g/mol. The fraction of sp³-hybridized carbons (Fsp3) is 0.467. The highest BCUT2D eigenvalue weighted by atomic mass is 32.1. The molecule has 2 aromatic rings. The van der Waals surface area contributed by atoms with Crippen LogP contribution in [-0.4, -0.2) is 14.8 Å². The number of H-pyrrole nitrogens is 1. The quantitative estimate of drug-likeness (QED) is 0.844. The molecule has 0 saturated heterocycles. The third kappa shape index (κ3) is 2.25. The zero-order chi connectivity index (χ0) is 13.4. The minimum atomic E-state index is 0.360. The summed E-state index contributed by atoms with van der Waals surface area (Å²) >= 11 is 5.34. The Morgan fingerprint density at radius 3 is 2.79 bits per heavy atom. The molecule has 1 N–H and O–H groups in total. The molecular weight excluding hydrogens is 254 g/mol. The van der Waals surface area contributed by atoms with Gasteiger partial charge in [0.2, 0.25) is 0 Å². The van der Waals surface area contributed by atoms with Crippen molar-refractivity contribution in [3.8, 4) is 0 Å². The molecule has 1 aliphatic rings. The van der Waals surface area contributed by atoms with Crippen molar-refractivity contribution in [1.29, 1.82) is 0 Å². The van der Waals surface area contributed by atoms with Gasteiger partial charge < -0.3 is 4.57 Å². The predicted octanol–water partition coefficient (Wildman–Crippen LogP) is 3.79. The number of aryl methyl sites for hydroxylation is 1. The third-order valence-electron chi connectivity index (χ3n) is 3.96. The molecule has 0 amide bonds. The van der Waals surface area contributed by atoms with Crippen molar-refractivity contribution in [3.63, 3.8) is 0 Å². The summed E-state index contributed by atoms with van der Waals surface area (Å²) in [7, 11) is 0. The van der Waals surface area contributed by atoms with Gasteiger partial charge >= 0.3 is 0 Å². The Labute approximate surface area is 118 Å². The zero-order valence-electron chi connectivity index (χ0n) is 11.4. The van der Waals surface area contributed by atoms with Crippen molar-refractivity contribution in [2.45, 2.75) is 45.1 Å². The second kappa shape index (κ2) is 4.93. The van der Waals surface area contributed by atoms with Crippen molar-refractivity contribution in [2.24, 2.45) is 0 Å². The second-order valence-electron chi connectivity index (χ2n) is 5.56. The van der Waals surface area contributed by atoms with E-state index >= 15 is 0 Å². The first-order chi connectivity index (χ1) is 9.16. The first-order valence-corrected chi connectivity index (χ1v) is 7.31. The molecule has 1 heterocycles. The highest BCUT2D eigenvalue weighted by molar-refractivity contribution is 7.71. The first-order valence-electron chi connectivity index (χ1n) is 6.90. The maximum absolute atomic E-state index is 5.34. The Balaban J connectivity index is 1.96. The normalized spacial score (nSPS) is 18.6. The third-order valence-corrected chi connectivity index (χ3v) is 4.25. The molecule has 0 fully saturated rings. The number of benzene rings is 1. The number of aromatic amines is 1. The molecule has 3 rings (SSSR count). The van der Waals surface area contributed by atoms with Crippen molar-refractivity contribution < 1.29 is 0 Å². The standard InChI is InChI=1S/C15H19N3S/c1-10(2)18-14(16-17-15(18)19)13-8-7-11-5-3-4-6-12(11)9-13/h3-6,10,13H,7-9H2,1-2H3,(H,17,19). The van der Waals surface area contributed by atoms with Crippen molar-refractivity contribution in [1.82, 2.24) is 14.8 Å². The van der Waals surface area contributed by atoms with Gasteiger partial charge in [-0.3, -0.25) is 5.10 Å². The Hall–Kier alpha value is -1.42. The molecule has 0 bridgehead atoms. The van der Waals surface area contributed by atoms with Gasteiger partial charge in [0, 0.05) is 12.0 Å². The SMILES string of the molecule is CC(C)n1c(C2CCc3ccccc3C2)n[nH]c1=S. The van der Waals surface area contributed by atoms with Crippen LogP contribution in [0.15, 0.2) is 24.3 Å². The maximum atomic E-state index is 5.34. The summed E-state index contributed by atoms with van der Waals surface area (Å²) in [5.41, 5.74) is 2.95. The lowest BCUT2D eigenvalue weighted by molar-refractivity contribution is 0.486. The Kier molecular flexibility index (Phi) is 3.27. The van der Waals surface area contributed by atoms with Crippen molar-refractivity contribution in [3.05, 3.63) is 46.0 Å². The van der Waals surface area contributed by atoms with Crippen LogP contribution in [0.3, 0.4) is 0 Å². The molecule has 0 radical (unpaired) electrons. The van der Waals surface area contributed by atoms with E-state index in [4.69, 9.17) is 12.2 Å². The van der Waals surface area contributed by atoms with Crippen LogP contribution in [0.5, 0.6) is 0 Å². The maximum Gasteiger partial charge on any atom is 0.195 e. The lowest BCUT2D eigenvalue weighted by atomic mass is 9.83. The van der Waals surface area contributed by atoms with Crippen LogP contribution in [0, 0.1) is 4.77 Å². The van der Waals surface area contributed by atoms with E-state index in [-0.39, 0.29) is 0 Å². The number of aromatic nitrogens is 3. The molecule has 4 heteroatoms. The summed E-state index contributed by atoms with van der Waals surface area (Å²) in [5.74, 6) is 1.60. The molecule has 1 unspecified atom stereocenters. The van der Waals surface area contributed by atoms with Crippen molar-refractivity contribution in [2.75, 3.05) is 0 Å². The topological polar surface area (TPSA) is 33.6 Å². The number of hydrogen-bond acceptors (Lipinski definition) is 2. The minimum Gasteiger partial charge on any atom is -0.301 e. The van der Waals surface area contributed by atoms with E-state index in [9.17, 15) is 0 Å². The molecule has 0 spiro atoms. The smallest absolute Gasteiger partial charge is 0.195 e. The van der Waals surface area contributed by atoms with Crippen LogP contribution < -0.4 is 0 Å². The molecule has 0 saturated carbocycles. The van der Waals surface area contributed by atoms with E-state index in [1.54, 1.807) is 0 Å². The molecule has 1 atom stereocenters. The Morgan fingerprint density at radius 2 is 2.05 bits per heavy atom. The highest BCUT2D eigenvalue weighted by Gasteiger charge is 2.24. The fourth-order valence-corrected chi connectivity index (χ4v) is 3.37. The summed E-state index contributed by atoms with van der Waals surface area (Å²) in [6, 6.07) is 9.09. The lowest BCUT2D eigenvalue weighted by Crippen LogP contribution is -2.18. The van der Waals surface area contributed by atoms with Crippen LogP contribution in [0.25, 0.3) is 0 Å². The molecule has 100 valence electrons. The minimum absolute atomic E-state index is 0.360. The van der Waals surface area contributed by atoms with E-state index in [1.165, 1.54) is 11.1 Å². The second-order valence-corrected chi connectivity index (χ2v) is 5.95. The van der Waals surface area contributed by atoms with E-state index in [0.29, 0.717) is 12.0 Å². The van der Waals surface area contributed by atoms with E-state index < -0.39 is 0 Å². The molecule has 3 nitrogen and oxygen atoms in total. The van der Waals surface area contributed by atoms with Crippen LogP contribution in [0.2, 0.25) is 0 Å². The molecular formula is C15H19N3S. The van der Waals surface area contributed by atoms with E-state index in [1.807, 2.05) is 0 Å². The summed E-state index contributed by atoms with van der Waals surface area (Å²) < 4.78 is 2.90. The van der Waals surface area contributed by atoms with Gasteiger partial charge in [0.25, 0.3) is 0 Å². The average Bonchev–Trinajstić information content (AvgIpc) is 2.80. The van der Waals surface area contributed by atoms with Gasteiger partial charge in [-0.2, -0.15) is 5.10 Å². The fourth-order valence-electron chi connectivity index (χ4n) is 3.02. The van der Waals surface area contributed by atoms with E-state index in [0.717, 1.165) is 29.9 Å². The van der Waals surface area contributed by atoms with Gasteiger partial charge in [0.1, 0.15) is 5.82 Å². The summed E-state index contributed by atoms with van der Waals surface area (Å²) in [6.07, 6.45) is 3.37. The largest absolute Gasteiger partial charge is 0.301 e. The van der Waals surface area contributed by atoms with Gasteiger partial charge in [-0.1, -0.05) is 24.3 Å². The van der Waals surface area contributed by atoms with Gasteiger partial charge in [-0.15, -0.1) is 0 Å². The van der Waals surface area contributed by atoms with Gasteiger partial charge in [-0.05, 0) is 56.5 Å². The number of nitrogens with zero attached hydrogens (tertiary/aromatic N) is 2. The molecule has 1 aromatic heterocycles. The van der Waals surface area contributed by atoms with Crippen LogP contribution in [0.1, 0.15) is 49.2 Å². The predicted molar refractivity (Wildman–Crippen MR) is 79.0 cm³/mol. The monoisotopic (exact) mass is 273 g/mol. The number of fused-ring (bicyclic) bond motifs is 1. The van der Waals surface area contributed by atoms with Crippen LogP contribution in [0.4, 0.5) is 0 Å². The van der Waals surface area contributed by atoms with Crippen LogP contribution in [-0.2, 0) is 12.8 Å². The number of hydrogen-bond donors (Lipinski definition) is 1. The Morgan fingerprint density at radius 1 is 1.32 bits per heavy atom. The van der Waals surface area contributed by atoms with Gasteiger partial charge in [0.05, 0.1) is 0 Å². The molecule has 1 aromatic carbocycles. The van der Waals surface area contributed by atoms with E-state index in [2.05, 4.69) is 52.9 Å². The number of rotatable bonds is 2.